The first-order valence-electron chi connectivity index (χ1n) is 6.08. The van der Waals surface area contributed by atoms with Gasteiger partial charge in [0.15, 0.2) is 0 Å². The highest BCUT2D eigenvalue weighted by Crippen LogP contribution is 2.11. The maximum absolute atomic E-state index is 12.2. The fourth-order valence-corrected chi connectivity index (χ4v) is 1.65. The lowest BCUT2D eigenvalue weighted by Gasteiger charge is -2.06. The molecular formula is C15H14N4O. The minimum Gasteiger partial charge on any atom is -0.320 e. The second-order valence-corrected chi connectivity index (χ2v) is 4.05. The van der Waals surface area contributed by atoms with Gasteiger partial charge in [0.25, 0.3) is 5.91 Å². The van der Waals surface area contributed by atoms with Crippen LogP contribution in [0.3, 0.4) is 0 Å². The molecule has 0 unspecified atom stereocenters. The standard InChI is InChI=1S/C15H14N4O/c1-11-10-13(6-9-17-11)19-15(20)14-12(4-2-7-16)5-3-8-18-14/h3,5-6,8-10H,7,16H2,1H3,(H,17,19,20). The number of nitrogens with one attached hydrogen (secondary N) is 1. The Bertz CT molecular complexity index is 686. The predicted molar refractivity (Wildman–Crippen MR) is 77.1 cm³/mol. The van der Waals surface area contributed by atoms with E-state index in [9.17, 15) is 4.79 Å². The third kappa shape index (κ3) is 3.40. The van der Waals surface area contributed by atoms with E-state index >= 15 is 0 Å². The van der Waals surface area contributed by atoms with Crippen LogP contribution in [0.4, 0.5) is 5.69 Å². The molecule has 2 aromatic heterocycles. The second kappa shape index (κ2) is 6.45. The van der Waals surface area contributed by atoms with E-state index in [1.165, 1.54) is 0 Å². The summed E-state index contributed by atoms with van der Waals surface area (Å²) < 4.78 is 0. The summed E-state index contributed by atoms with van der Waals surface area (Å²) >= 11 is 0. The molecule has 0 aliphatic rings. The molecule has 3 N–H and O–H groups in total. The minimum absolute atomic E-state index is 0.236. The van der Waals surface area contributed by atoms with Crippen molar-refractivity contribution in [3.8, 4) is 11.8 Å². The van der Waals surface area contributed by atoms with Gasteiger partial charge in [0.2, 0.25) is 0 Å². The van der Waals surface area contributed by atoms with E-state index in [0.29, 0.717) is 11.3 Å². The first kappa shape index (κ1) is 13.7. The Kier molecular flexibility index (Phi) is 4.43. The summed E-state index contributed by atoms with van der Waals surface area (Å²) in [6.45, 7) is 2.09. The van der Waals surface area contributed by atoms with Crippen molar-refractivity contribution >= 4 is 11.6 Å². The summed E-state index contributed by atoms with van der Waals surface area (Å²) in [5.41, 5.74) is 7.68. The summed E-state index contributed by atoms with van der Waals surface area (Å²) in [5, 5.41) is 2.78. The number of pyridine rings is 2. The van der Waals surface area contributed by atoms with Crippen LogP contribution in [0.15, 0.2) is 36.7 Å². The van der Waals surface area contributed by atoms with Gasteiger partial charge in [0.05, 0.1) is 12.1 Å². The van der Waals surface area contributed by atoms with Gasteiger partial charge in [-0.1, -0.05) is 11.8 Å². The van der Waals surface area contributed by atoms with Crippen LogP contribution in [0, 0.1) is 18.8 Å². The van der Waals surface area contributed by atoms with Crippen molar-refractivity contribution in [3.63, 3.8) is 0 Å². The largest absolute Gasteiger partial charge is 0.320 e. The third-order valence-corrected chi connectivity index (χ3v) is 2.50. The van der Waals surface area contributed by atoms with Gasteiger partial charge in [-0.05, 0) is 31.2 Å². The van der Waals surface area contributed by atoms with Crippen LogP contribution in [0.1, 0.15) is 21.7 Å². The molecule has 1 amide bonds. The van der Waals surface area contributed by atoms with E-state index in [1.807, 2.05) is 6.92 Å². The van der Waals surface area contributed by atoms with Crippen LogP contribution in [0.5, 0.6) is 0 Å². The van der Waals surface area contributed by atoms with Crippen LogP contribution in [0.25, 0.3) is 0 Å². The fourth-order valence-electron chi connectivity index (χ4n) is 1.65. The predicted octanol–water partition coefficient (Wildman–Crippen LogP) is 1.35. The lowest BCUT2D eigenvalue weighted by Crippen LogP contribution is -2.15. The summed E-state index contributed by atoms with van der Waals surface area (Å²) in [6.07, 6.45) is 3.19. The summed E-state index contributed by atoms with van der Waals surface area (Å²) in [4.78, 5) is 20.4. The van der Waals surface area contributed by atoms with E-state index in [-0.39, 0.29) is 18.1 Å². The van der Waals surface area contributed by atoms with Gasteiger partial charge in [-0.25, -0.2) is 4.98 Å². The smallest absolute Gasteiger partial charge is 0.275 e. The molecule has 0 saturated carbocycles. The van der Waals surface area contributed by atoms with Gasteiger partial charge in [-0.15, -0.1) is 0 Å². The maximum atomic E-state index is 12.2. The van der Waals surface area contributed by atoms with E-state index in [0.717, 1.165) is 5.69 Å². The zero-order valence-electron chi connectivity index (χ0n) is 11.1. The SMILES string of the molecule is Cc1cc(NC(=O)c2ncccc2C#CCN)ccn1. The number of aryl methyl sites for hydroxylation is 1. The number of aromatic nitrogens is 2. The van der Waals surface area contributed by atoms with Crippen LogP contribution >= 0.6 is 0 Å². The summed E-state index contributed by atoms with van der Waals surface area (Å²) in [5.74, 6) is 5.25. The number of carbonyl (C=O) groups is 1. The summed E-state index contributed by atoms with van der Waals surface area (Å²) in [7, 11) is 0. The number of hydrogen-bond donors (Lipinski definition) is 2. The Balaban J connectivity index is 2.25. The number of rotatable bonds is 2. The molecule has 0 saturated heterocycles. The number of anilines is 1. The average molecular weight is 266 g/mol. The molecule has 2 heterocycles. The highest BCUT2D eigenvalue weighted by atomic mass is 16.1. The highest BCUT2D eigenvalue weighted by molar-refractivity contribution is 6.04. The van der Waals surface area contributed by atoms with Gasteiger partial charge >= 0.3 is 0 Å². The van der Waals surface area contributed by atoms with E-state index in [2.05, 4.69) is 27.1 Å². The summed E-state index contributed by atoms with van der Waals surface area (Å²) in [6, 6.07) is 6.97. The van der Waals surface area contributed by atoms with E-state index in [4.69, 9.17) is 5.73 Å². The molecule has 5 nitrogen and oxygen atoms in total. The highest BCUT2D eigenvalue weighted by Gasteiger charge is 2.11. The van der Waals surface area contributed by atoms with Crippen LogP contribution in [-0.4, -0.2) is 22.4 Å². The maximum Gasteiger partial charge on any atom is 0.275 e. The first-order chi connectivity index (χ1) is 9.70. The van der Waals surface area contributed by atoms with Crippen LogP contribution in [-0.2, 0) is 0 Å². The Hall–Kier alpha value is -2.71. The molecule has 0 aromatic carbocycles. The quantitative estimate of drug-likeness (QED) is 0.804. The third-order valence-electron chi connectivity index (χ3n) is 2.50. The average Bonchev–Trinajstić information content (AvgIpc) is 2.45. The van der Waals surface area contributed by atoms with Gasteiger partial charge in [-0.3, -0.25) is 9.78 Å². The Labute approximate surface area is 117 Å². The Morgan fingerprint density at radius 1 is 1.35 bits per heavy atom. The molecule has 0 atom stereocenters. The monoisotopic (exact) mass is 266 g/mol. The van der Waals surface area contributed by atoms with Gasteiger partial charge < -0.3 is 11.1 Å². The van der Waals surface area contributed by atoms with E-state index < -0.39 is 0 Å². The number of carbonyl (C=O) groups excluding carboxylic acids is 1. The molecule has 0 spiro atoms. The number of nitrogens with two attached hydrogens (primary N) is 1. The van der Waals surface area contributed by atoms with Crippen molar-refractivity contribution in [2.24, 2.45) is 5.73 Å². The molecule has 0 bridgehead atoms. The molecule has 5 heteroatoms. The zero-order valence-corrected chi connectivity index (χ0v) is 11.1. The number of amides is 1. The minimum atomic E-state index is -0.308. The topological polar surface area (TPSA) is 80.9 Å². The molecule has 0 fully saturated rings. The van der Waals surface area contributed by atoms with Crippen molar-refractivity contribution < 1.29 is 4.79 Å². The molecule has 2 rings (SSSR count). The van der Waals surface area contributed by atoms with Crippen molar-refractivity contribution in [2.45, 2.75) is 6.92 Å². The lowest BCUT2D eigenvalue weighted by molar-refractivity contribution is 0.102. The second-order valence-electron chi connectivity index (χ2n) is 4.05. The van der Waals surface area contributed by atoms with Crippen LogP contribution in [0.2, 0.25) is 0 Å². The molecule has 100 valence electrons. The zero-order chi connectivity index (χ0) is 14.4. The Morgan fingerprint density at radius 2 is 2.20 bits per heavy atom. The number of nitrogens with zero attached hydrogens (tertiary/aromatic N) is 2. The van der Waals surface area contributed by atoms with Crippen molar-refractivity contribution in [3.05, 3.63) is 53.6 Å². The van der Waals surface area contributed by atoms with Gasteiger partial charge in [-0.2, -0.15) is 0 Å². The molecule has 2 aromatic rings. The van der Waals surface area contributed by atoms with Crippen LogP contribution < -0.4 is 11.1 Å². The van der Waals surface area contributed by atoms with Gasteiger partial charge in [0, 0.05) is 23.8 Å². The normalized spacial score (nSPS) is 9.50. The molecule has 0 aliphatic heterocycles. The lowest BCUT2D eigenvalue weighted by atomic mass is 10.2. The van der Waals surface area contributed by atoms with Crippen molar-refractivity contribution in [1.82, 2.24) is 9.97 Å². The van der Waals surface area contributed by atoms with E-state index in [1.54, 1.807) is 36.7 Å². The molecule has 20 heavy (non-hydrogen) atoms. The van der Waals surface area contributed by atoms with Crippen molar-refractivity contribution in [1.29, 1.82) is 0 Å². The number of hydrogen-bond acceptors (Lipinski definition) is 4. The van der Waals surface area contributed by atoms with Gasteiger partial charge in [0.1, 0.15) is 5.69 Å². The molecule has 0 radical (unpaired) electrons. The Morgan fingerprint density at radius 3 is 2.95 bits per heavy atom. The molecule has 0 aliphatic carbocycles. The first-order valence-corrected chi connectivity index (χ1v) is 6.08. The fraction of sp³-hybridized carbons (Fsp3) is 0.133. The molecular weight excluding hydrogens is 252 g/mol. The van der Waals surface area contributed by atoms with Crippen molar-refractivity contribution in [2.75, 3.05) is 11.9 Å².